The van der Waals surface area contributed by atoms with E-state index in [0.29, 0.717) is 43.4 Å². The molecule has 1 amide bonds. The SMILES string of the molecule is COc1ccc(S(=O)(=O)N(CC(=O)N2CCN(c3ccccc3)CC2)c2cc(C)cc(C)c2)cc1OC. The Morgan fingerprint density at radius 1 is 0.838 bits per heavy atom. The molecule has 1 heterocycles. The Labute approximate surface area is 219 Å². The van der Waals surface area contributed by atoms with Crippen molar-refractivity contribution in [3.05, 3.63) is 77.9 Å². The number of amides is 1. The van der Waals surface area contributed by atoms with Crippen molar-refractivity contribution in [1.29, 1.82) is 0 Å². The molecular formula is C28H33N3O5S. The van der Waals surface area contributed by atoms with Crippen molar-refractivity contribution in [2.75, 3.05) is 56.1 Å². The quantitative estimate of drug-likeness (QED) is 0.446. The minimum absolute atomic E-state index is 0.0195. The predicted octanol–water partition coefficient (Wildman–Crippen LogP) is 3.86. The van der Waals surface area contributed by atoms with Crippen LogP contribution in [-0.4, -0.2) is 66.2 Å². The maximum absolute atomic E-state index is 13.9. The van der Waals surface area contributed by atoms with Crippen molar-refractivity contribution < 1.29 is 22.7 Å². The number of para-hydroxylation sites is 1. The maximum atomic E-state index is 13.9. The van der Waals surface area contributed by atoms with E-state index < -0.39 is 10.0 Å². The number of carbonyl (C=O) groups is 1. The normalized spacial score (nSPS) is 13.8. The van der Waals surface area contributed by atoms with Gasteiger partial charge in [0.25, 0.3) is 10.0 Å². The van der Waals surface area contributed by atoms with E-state index in [1.165, 1.54) is 30.7 Å². The topological polar surface area (TPSA) is 79.4 Å². The summed E-state index contributed by atoms with van der Waals surface area (Å²) in [5.74, 6) is 0.481. The van der Waals surface area contributed by atoms with E-state index in [2.05, 4.69) is 17.0 Å². The third kappa shape index (κ3) is 5.83. The van der Waals surface area contributed by atoms with Crippen molar-refractivity contribution in [2.24, 2.45) is 0 Å². The second kappa shape index (κ2) is 11.1. The van der Waals surface area contributed by atoms with Gasteiger partial charge in [-0.05, 0) is 61.4 Å². The van der Waals surface area contributed by atoms with Crippen LogP contribution in [0.25, 0.3) is 0 Å². The number of rotatable bonds is 8. The molecule has 3 aromatic rings. The molecule has 0 spiro atoms. The summed E-state index contributed by atoms with van der Waals surface area (Å²) in [5, 5.41) is 0. The van der Waals surface area contributed by atoms with Gasteiger partial charge in [0.1, 0.15) is 6.54 Å². The standard InChI is InChI=1S/C28H33N3O5S/c1-21-16-22(2)18-24(17-21)31(37(33,34)25-10-11-26(35-3)27(19-25)36-4)20-28(32)30-14-12-29(13-15-30)23-8-6-5-7-9-23/h5-11,16-19H,12-15,20H2,1-4H3. The van der Waals surface area contributed by atoms with Crippen LogP contribution in [0.1, 0.15) is 11.1 Å². The van der Waals surface area contributed by atoms with Crippen LogP contribution in [0.2, 0.25) is 0 Å². The molecule has 4 rings (SSSR count). The van der Waals surface area contributed by atoms with Gasteiger partial charge in [0.15, 0.2) is 11.5 Å². The molecule has 0 saturated carbocycles. The van der Waals surface area contributed by atoms with E-state index in [0.717, 1.165) is 16.8 Å². The van der Waals surface area contributed by atoms with Crippen LogP contribution < -0.4 is 18.7 Å². The van der Waals surface area contributed by atoms with Crippen LogP contribution in [0.5, 0.6) is 11.5 Å². The number of benzene rings is 3. The molecule has 1 aliphatic rings. The van der Waals surface area contributed by atoms with Crippen molar-refractivity contribution in [1.82, 2.24) is 4.90 Å². The highest BCUT2D eigenvalue weighted by atomic mass is 32.2. The molecule has 3 aromatic carbocycles. The molecule has 0 radical (unpaired) electrons. The summed E-state index contributed by atoms with van der Waals surface area (Å²) in [4.78, 5) is 17.4. The number of piperazine rings is 1. The number of methoxy groups -OCH3 is 2. The van der Waals surface area contributed by atoms with Crippen LogP contribution in [0, 0.1) is 13.8 Å². The van der Waals surface area contributed by atoms with E-state index in [4.69, 9.17) is 9.47 Å². The lowest BCUT2D eigenvalue weighted by atomic mass is 10.1. The molecule has 0 atom stereocenters. The second-order valence-corrected chi connectivity index (χ2v) is 10.9. The van der Waals surface area contributed by atoms with Crippen molar-refractivity contribution in [3.8, 4) is 11.5 Å². The number of nitrogens with zero attached hydrogens (tertiary/aromatic N) is 3. The first-order valence-corrected chi connectivity index (χ1v) is 13.6. The molecule has 0 aromatic heterocycles. The highest BCUT2D eigenvalue weighted by Crippen LogP contribution is 2.33. The van der Waals surface area contributed by atoms with Crippen molar-refractivity contribution in [3.63, 3.8) is 0 Å². The third-order valence-corrected chi connectivity index (χ3v) is 8.24. The molecule has 37 heavy (non-hydrogen) atoms. The van der Waals surface area contributed by atoms with Crippen molar-refractivity contribution >= 4 is 27.3 Å². The summed E-state index contributed by atoms with van der Waals surface area (Å²) in [6.45, 7) is 5.91. The summed E-state index contributed by atoms with van der Waals surface area (Å²) in [6, 6.07) is 20.0. The number of hydrogen-bond donors (Lipinski definition) is 0. The lowest BCUT2D eigenvalue weighted by Gasteiger charge is -2.37. The molecule has 0 N–H and O–H groups in total. The number of carbonyl (C=O) groups excluding carboxylic acids is 1. The van der Waals surface area contributed by atoms with Gasteiger partial charge < -0.3 is 19.3 Å². The maximum Gasteiger partial charge on any atom is 0.264 e. The Balaban J connectivity index is 1.61. The van der Waals surface area contributed by atoms with Crippen LogP contribution in [0.4, 0.5) is 11.4 Å². The van der Waals surface area contributed by atoms with Gasteiger partial charge in [-0.15, -0.1) is 0 Å². The molecule has 1 aliphatic heterocycles. The fourth-order valence-electron chi connectivity index (χ4n) is 4.59. The van der Waals surface area contributed by atoms with E-state index in [9.17, 15) is 13.2 Å². The zero-order chi connectivity index (χ0) is 26.6. The van der Waals surface area contributed by atoms with Crippen LogP contribution >= 0.6 is 0 Å². The zero-order valence-electron chi connectivity index (χ0n) is 21.7. The first kappa shape index (κ1) is 26.3. The number of hydrogen-bond acceptors (Lipinski definition) is 6. The van der Waals surface area contributed by atoms with E-state index in [1.54, 1.807) is 23.1 Å². The Kier molecular flexibility index (Phi) is 7.92. The Morgan fingerprint density at radius 2 is 1.46 bits per heavy atom. The highest BCUT2D eigenvalue weighted by molar-refractivity contribution is 7.92. The van der Waals surface area contributed by atoms with Gasteiger partial charge in [-0.3, -0.25) is 9.10 Å². The lowest BCUT2D eigenvalue weighted by molar-refractivity contribution is -0.129. The summed E-state index contributed by atoms with van der Waals surface area (Å²) in [7, 11) is -1.15. The molecule has 8 nitrogen and oxygen atoms in total. The molecule has 1 fully saturated rings. The minimum Gasteiger partial charge on any atom is -0.493 e. The Hall–Kier alpha value is -3.72. The fraction of sp³-hybridized carbons (Fsp3) is 0.321. The molecule has 196 valence electrons. The van der Waals surface area contributed by atoms with Gasteiger partial charge in [0.05, 0.1) is 24.8 Å². The molecule has 0 aliphatic carbocycles. The summed E-state index contributed by atoms with van der Waals surface area (Å²) in [5.41, 5.74) is 3.38. The predicted molar refractivity (Wildman–Crippen MR) is 145 cm³/mol. The smallest absolute Gasteiger partial charge is 0.264 e. The lowest BCUT2D eigenvalue weighted by Crippen LogP contribution is -2.52. The Bertz CT molecular complexity index is 1330. The minimum atomic E-state index is -4.09. The number of anilines is 2. The molecular weight excluding hydrogens is 490 g/mol. The molecule has 9 heteroatoms. The number of aryl methyl sites for hydroxylation is 2. The monoisotopic (exact) mass is 523 g/mol. The summed E-state index contributed by atoms with van der Waals surface area (Å²) in [6.07, 6.45) is 0. The van der Waals surface area contributed by atoms with Crippen LogP contribution in [-0.2, 0) is 14.8 Å². The van der Waals surface area contributed by atoms with Crippen LogP contribution in [0.3, 0.4) is 0 Å². The van der Waals surface area contributed by atoms with Crippen molar-refractivity contribution in [2.45, 2.75) is 18.7 Å². The molecule has 1 saturated heterocycles. The zero-order valence-corrected chi connectivity index (χ0v) is 22.5. The van der Waals surface area contributed by atoms with Gasteiger partial charge in [-0.2, -0.15) is 0 Å². The summed E-state index contributed by atoms with van der Waals surface area (Å²) < 4.78 is 39.7. The van der Waals surface area contributed by atoms with E-state index in [1.807, 2.05) is 38.1 Å². The molecule has 0 unspecified atom stereocenters. The van der Waals surface area contributed by atoms with Gasteiger partial charge >= 0.3 is 0 Å². The average molecular weight is 524 g/mol. The first-order valence-electron chi connectivity index (χ1n) is 12.1. The van der Waals surface area contributed by atoms with Gasteiger partial charge in [-0.25, -0.2) is 8.42 Å². The van der Waals surface area contributed by atoms with Gasteiger partial charge in [0.2, 0.25) is 5.91 Å². The van der Waals surface area contributed by atoms with Gasteiger partial charge in [0, 0.05) is 37.9 Å². The number of sulfonamides is 1. The fourth-order valence-corrected chi connectivity index (χ4v) is 6.00. The third-order valence-electron chi connectivity index (χ3n) is 6.47. The average Bonchev–Trinajstić information content (AvgIpc) is 2.91. The highest BCUT2D eigenvalue weighted by Gasteiger charge is 2.31. The van der Waals surface area contributed by atoms with E-state index >= 15 is 0 Å². The Morgan fingerprint density at radius 3 is 2.05 bits per heavy atom. The molecule has 0 bridgehead atoms. The second-order valence-electron chi connectivity index (χ2n) is 9.08. The first-order chi connectivity index (χ1) is 17.7. The largest absolute Gasteiger partial charge is 0.493 e. The van der Waals surface area contributed by atoms with Crippen LogP contribution in [0.15, 0.2) is 71.6 Å². The van der Waals surface area contributed by atoms with E-state index in [-0.39, 0.29) is 17.3 Å². The summed E-state index contributed by atoms with van der Waals surface area (Å²) >= 11 is 0. The number of ether oxygens (including phenoxy) is 2. The van der Waals surface area contributed by atoms with Gasteiger partial charge in [-0.1, -0.05) is 24.3 Å².